The number of carbonyl (C=O) groups is 1. The van der Waals surface area contributed by atoms with Gasteiger partial charge in [-0.25, -0.2) is 9.50 Å². The fraction of sp³-hybridized carbons (Fsp3) is 0.400. The molecule has 6 nitrogen and oxygen atoms in total. The zero-order valence-corrected chi connectivity index (χ0v) is 10.3. The maximum Gasteiger partial charge on any atom is 0.252 e. The van der Waals surface area contributed by atoms with Crippen LogP contribution in [0.2, 0.25) is 0 Å². The van der Waals surface area contributed by atoms with Gasteiger partial charge in [0.15, 0.2) is 0 Å². The van der Waals surface area contributed by atoms with Gasteiger partial charge in [-0.15, -0.1) is 0 Å². The number of aromatic amines is 1. The van der Waals surface area contributed by atoms with Crippen LogP contribution in [0.4, 0.5) is 0 Å². The standard InChI is InChI=1S/C10H12N4O2S/c1-5-7(3-4-8(15)16)6(2)14-9(11-5)12-10(17)13-14/h3-4H2,1-2H3,(H,13,17)(H,15,16)/p-1. The SMILES string of the molecule is Cc1nc2nc(=S)[nH]n2c(C)c1CCC(=O)[O-]. The minimum atomic E-state index is -1.07. The molecule has 0 saturated heterocycles. The van der Waals surface area contributed by atoms with E-state index < -0.39 is 5.97 Å². The van der Waals surface area contributed by atoms with E-state index in [9.17, 15) is 9.90 Å². The molecule has 0 unspecified atom stereocenters. The van der Waals surface area contributed by atoms with E-state index >= 15 is 0 Å². The van der Waals surface area contributed by atoms with Crippen molar-refractivity contribution in [2.45, 2.75) is 26.7 Å². The fourth-order valence-electron chi connectivity index (χ4n) is 1.82. The van der Waals surface area contributed by atoms with Crippen LogP contribution in [-0.4, -0.2) is 25.6 Å². The molecule has 0 atom stereocenters. The first-order valence-corrected chi connectivity index (χ1v) is 5.54. The summed E-state index contributed by atoms with van der Waals surface area (Å²) in [6.45, 7) is 3.70. The number of hydrogen-bond donors (Lipinski definition) is 1. The Morgan fingerprint density at radius 2 is 2.18 bits per heavy atom. The molecule has 1 N–H and O–H groups in total. The van der Waals surface area contributed by atoms with E-state index in [0.29, 0.717) is 17.0 Å². The van der Waals surface area contributed by atoms with Crippen LogP contribution in [0, 0.1) is 18.6 Å². The summed E-state index contributed by atoms with van der Waals surface area (Å²) in [7, 11) is 0. The van der Waals surface area contributed by atoms with Crippen LogP contribution in [0.1, 0.15) is 23.4 Å². The van der Waals surface area contributed by atoms with Crippen molar-refractivity contribution >= 4 is 24.0 Å². The lowest BCUT2D eigenvalue weighted by molar-refractivity contribution is -0.305. The molecule has 0 aromatic carbocycles. The van der Waals surface area contributed by atoms with Crippen LogP contribution in [0.5, 0.6) is 0 Å². The maximum absolute atomic E-state index is 10.5. The van der Waals surface area contributed by atoms with Crippen molar-refractivity contribution < 1.29 is 9.90 Å². The summed E-state index contributed by atoms with van der Waals surface area (Å²) in [5, 5.41) is 13.4. The largest absolute Gasteiger partial charge is 0.550 e. The Morgan fingerprint density at radius 1 is 1.47 bits per heavy atom. The molecular weight excluding hydrogens is 240 g/mol. The second-order valence-electron chi connectivity index (χ2n) is 3.80. The number of carboxylic acids is 1. The van der Waals surface area contributed by atoms with E-state index in [-0.39, 0.29) is 6.42 Å². The molecule has 0 radical (unpaired) electrons. The van der Waals surface area contributed by atoms with Crippen molar-refractivity contribution in [3.05, 3.63) is 21.7 Å². The van der Waals surface area contributed by atoms with Crippen molar-refractivity contribution in [2.24, 2.45) is 0 Å². The molecule has 0 aliphatic heterocycles. The molecule has 2 rings (SSSR count). The third-order valence-corrected chi connectivity index (χ3v) is 2.85. The van der Waals surface area contributed by atoms with Gasteiger partial charge < -0.3 is 9.90 Å². The summed E-state index contributed by atoms with van der Waals surface area (Å²) in [4.78, 5) is 18.8. The first-order valence-electron chi connectivity index (χ1n) is 5.13. The molecule has 0 fully saturated rings. The molecule has 2 heterocycles. The Hall–Kier alpha value is -1.76. The topological polar surface area (TPSA) is 86.1 Å². The number of hydrogen-bond acceptors (Lipinski definition) is 5. The number of nitrogens with zero attached hydrogens (tertiary/aromatic N) is 3. The summed E-state index contributed by atoms with van der Waals surface area (Å²) in [6.07, 6.45) is 0.367. The predicted molar refractivity (Wildman–Crippen MR) is 61.0 cm³/mol. The van der Waals surface area contributed by atoms with Gasteiger partial charge in [0.25, 0.3) is 5.78 Å². The highest BCUT2D eigenvalue weighted by Crippen LogP contribution is 2.14. The first kappa shape index (κ1) is 11.7. The lowest BCUT2D eigenvalue weighted by Crippen LogP contribution is -2.23. The lowest BCUT2D eigenvalue weighted by Gasteiger charge is -2.10. The summed E-state index contributed by atoms with van der Waals surface area (Å²) < 4.78 is 2.02. The summed E-state index contributed by atoms with van der Waals surface area (Å²) in [5.41, 5.74) is 2.52. The van der Waals surface area contributed by atoms with Gasteiger partial charge in [-0.2, -0.15) is 4.98 Å². The normalized spacial score (nSPS) is 10.9. The van der Waals surface area contributed by atoms with E-state index in [1.54, 1.807) is 4.52 Å². The third-order valence-electron chi connectivity index (χ3n) is 2.66. The first-order chi connectivity index (χ1) is 7.99. The zero-order valence-electron chi connectivity index (χ0n) is 9.48. The van der Waals surface area contributed by atoms with E-state index in [2.05, 4.69) is 15.1 Å². The molecule has 2 aromatic rings. The molecule has 0 amide bonds. The second-order valence-corrected chi connectivity index (χ2v) is 4.18. The van der Waals surface area contributed by atoms with Crippen molar-refractivity contribution in [1.82, 2.24) is 19.6 Å². The summed E-state index contributed by atoms with van der Waals surface area (Å²) >= 11 is 4.93. The van der Waals surface area contributed by atoms with Crippen LogP contribution in [0.3, 0.4) is 0 Å². The Bertz CT molecular complexity index is 644. The smallest absolute Gasteiger partial charge is 0.252 e. The highest BCUT2D eigenvalue weighted by Gasteiger charge is 2.10. The number of nitrogens with one attached hydrogen (secondary N) is 1. The van der Waals surface area contributed by atoms with Crippen LogP contribution in [0.15, 0.2) is 0 Å². The highest BCUT2D eigenvalue weighted by atomic mass is 32.1. The monoisotopic (exact) mass is 251 g/mol. The van der Waals surface area contributed by atoms with Crippen LogP contribution >= 0.6 is 12.2 Å². The minimum absolute atomic E-state index is 0.0235. The van der Waals surface area contributed by atoms with Crippen LogP contribution in [-0.2, 0) is 11.2 Å². The highest BCUT2D eigenvalue weighted by molar-refractivity contribution is 7.71. The minimum Gasteiger partial charge on any atom is -0.550 e. The fourth-order valence-corrected chi connectivity index (χ4v) is 2.00. The maximum atomic E-state index is 10.5. The number of rotatable bonds is 3. The molecule has 7 heteroatoms. The Labute approximate surface area is 102 Å². The summed E-state index contributed by atoms with van der Waals surface area (Å²) in [5.74, 6) is -0.565. The molecule has 0 spiro atoms. The van der Waals surface area contributed by atoms with Gasteiger partial charge in [0, 0.05) is 17.4 Å². The van der Waals surface area contributed by atoms with E-state index in [4.69, 9.17) is 12.2 Å². The molecular formula is C10H11N4O2S-. The molecule has 0 aliphatic rings. The second kappa shape index (κ2) is 4.25. The van der Waals surface area contributed by atoms with Gasteiger partial charge in [-0.05, 0) is 44.5 Å². The van der Waals surface area contributed by atoms with Crippen molar-refractivity contribution in [3.63, 3.8) is 0 Å². The van der Waals surface area contributed by atoms with Gasteiger partial charge >= 0.3 is 0 Å². The van der Waals surface area contributed by atoms with Gasteiger partial charge in [0.2, 0.25) is 4.77 Å². The number of aromatic nitrogens is 4. The quantitative estimate of drug-likeness (QED) is 0.781. The molecule has 0 aliphatic carbocycles. The number of aryl methyl sites for hydroxylation is 2. The van der Waals surface area contributed by atoms with E-state index in [1.165, 1.54) is 0 Å². The van der Waals surface area contributed by atoms with Crippen molar-refractivity contribution in [1.29, 1.82) is 0 Å². The van der Waals surface area contributed by atoms with E-state index in [1.807, 2.05) is 13.8 Å². The van der Waals surface area contributed by atoms with Gasteiger partial charge in [-0.3, -0.25) is 5.10 Å². The number of H-pyrrole nitrogens is 1. The van der Waals surface area contributed by atoms with Gasteiger partial charge in [0.05, 0.1) is 0 Å². The molecule has 0 saturated carbocycles. The third kappa shape index (κ3) is 2.19. The molecule has 90 valence electrons. The average Bonchev–Trinajstić information content (AvgIpc) is 2.58. The molecule has 0 bridgehead atoms. The van der Waals surface area contributed by atoms with Crippen molar-refractivity contribution in [2.75, 3.05) is 0 Å². The number of fused-ring (bicyclic) bond motifs is 1. The van der Waals surface area contributed by atoms with Crippen LogP contribution < -0.4 is 5.11 Å². The Morgan fingerprint density at radius 3 is 2.82 bits per heavy atom. The molecule has 2 aromatic heterocycles. The Balaban J connectivity index is 2.54. The van der Waals surface area contributed by atoms with Gasteiger partial charge in [-0.1, -0.05) is 0 Å². The summed E-state index contributed by atoms with van der Waals surface area (Å²) in [6, 6.07) is 0. The predicted octanol–water partition coefficient (Wildman–Crippen LogP) is 0.0862. The lowest BCUT2D eigenvalue weighted by atomic mass is 10.1. The molecule has 17 heavy (non-hydrogen) atoms. The number of aliphatic carboxylic acids is 1. The number of carbonyl (C=O) groups excluding carboxylic acids is 1. The van der Waals surface area contributed by atoms with Gasteiger partial charge in [0.1, 0.15) is 0 Å². The average molecular weight is 251 g/mol. The Kier molecular flexibility index (Phi) is 2.93. The zero-order chi connectivity index (χ0) is 12.6. The van der Waals surface area contributed by atoms with E-state index in [0.717, 1.165) is 17.0 Å². The van der Waals surface area contributed by atoms with Crippen LogP contribution in [0.25, 0.3) is 5.78 Å². The van der Waals surface area contributed by atoms with Crippen molar-refractivity contribution in [3.8, 4) is 0 Å². The number of carboxylic acid groups (broad SMARTS) is 1.